The van der Waals surface area contributed by atoms with Crippen molar-refractivity contribution < 1.29 is 8.42 Å². The number of fused-ring (bicyclic) bond motifs is 1. The van der Waals surface area contributed by atoms with Gasteiger partial charge < -0.3 is 4.40 Å². The van der Waals surface area contributed by atoms with E-state index in [9.17, 15) is 8.42 Å². The summed E-state index contributed by atoms with van der Waals surface area (Å²) in [6.07, 6.45) is 5.13. The van der Waals surface area contributed by atoms with Gasteiger partial charge in [-0.15, -0.1) is 0 Å². The first-order valence-corrected chi connectivity index (χ1v) is 9.75. The molecular formula is C17H18ClN3O2S. The maximum Gasteiger partial charge on any atom is 0.232 e. The van der Waals surface area contributed by atoms with Crippen LogP contribution < -0.4 is 4.72 Å². The van der Waals surface area contributed by atoms with E-state index in [-0.39, 0.29) is 5.75 Å². The van der Waals surface area contributed by atoms with E-state index in [1.54, 1.807) is 24.4 Å². The normalized spacial score (nSPS) is 11.8. The predicted molar refractivity (Wildman–Crippen MR) is 98.0 cm³/mol. The average Bonchev–Trinajstić information content (AvgIpc) is 2.96. The lowest BCUT2D eigenvalue weighted by Crippen LogP contribution is -2.16. The minimum absolute atomic E-state index is 0.126. The molecule has 3 aromatic rings. The van der Waals surface area contributed by atoms with Crippen LogP contribution in [0.1, 0.15) is 19.8 Å². The zero-order valence-corrected chi connectivity index (χ0v) is 14.8. The van der Waals surface area contributed by atoms with Crippen LogP contribution in [-0.2, 0) is 10.0 Å². The number of sulfonamides is 1. The smallest absolute Gasteiger partial charge is 0.232 e. The van der Waals surface area contributed by atoms with Crippen LogP contribution in [0.25, 0.3) is 16.9 Å². The van der Waals surface area contributed by atoms with Crippen LogP contribution in [-0.4, -0.2) is 23.6 Å². The minimum Gasteiger partial charge on any atom is -0.305 e. The van der Waals surface area contributed by atoms with Crippen LogP contribution in [0.4, 0.5) is 5.69 Å². The SMILES string of the molecule is CCCCS(=O)(=O)Nc1cccc(-c2cn3cc(Cl)ccc3n2)c1. The standard InChI is InChI=1S/C17H18ClN3O2S/c1-2-3-9-24(22,23)20-15-6-4-5-13(10-15)16-12-21-11-14(18)7-8-17(21)19-16/h4-8,10-12,20H,2-3,9H2,1H3. The summed E-state index contributed by atoms with van der Waals surface area (Å²) < 4.78 is 28.5. The van der Waals surface area contributed by atoms with Crippen molar-refractivity contribution in [2.75, 3.05) is 10.5 Å². The lowest BCUT2D eigenvalue weighted by atomic mass is 10.1. The van der Waals surface area contributed by atoms with Gasteiger partial charge in [-0.2, -0.15) is 0 Å². The molecule has 2 heterocycles. The summed E-state index contributed by atoms with van der Waals surface area (Å²) in [5, 5.41) is 0.629. The van der Waals surface area contributed by atoms with Crippen LogP contribution in [0, 0.1) is 0 Å². The highest BCUT2D eigenvalue weighted by atomic mass is 35.5. The second kappa shape index (κ2) is 6.83. The molecule has 0 unspecified atom stereocenters. The van der Waals surface area contributed by atoms with Crippen molar-refractivity contribution >= 4 is 33.0 Å². The number of hydrogen-bond donors (Lipinski definition) is 1. The summed E-state index contributed by atoms with van der Waals surface area (Å²) in [6.45, 7) is 1.96. The Morgan fingerprint density at radius 2 is 2.04 bits per heavy atom. The second-order valence-corrected chi connectivity index (χ2v) is 7.87. The van der Waals surface area contributed by atoms with E-state index in [1.165, 1.54) is 0 Å². The fraction of sp³-hybridized carbons (Fsp3) is 0.235. The molecule has 0 aliphatic rings. The quantitative estimate of drug-likeness (QED) is 0.714. The van der Waals surface area contributed by atoms with E-state index in [2.05, 4.69) is 9.71 Å². The third-order valence-corrected chi connectivity index (χ3v) is 5.21. The summed E-state index contributed by atoms with van der Waals surface area (Å²) in [6, 6.07) is 10.8. The van der Waals surface area contributed by atoms with E-state index < -0.39 is 10.0 Å². The van der Waals surface area contributed by atoms with Gasteiger partial charge in [0.25, 0.3) is 0 Å². The van der Waals surface area contributed by atoms with Crippen LogP contribution in [0.5, 0.6) is 0 Å². The zero-order valence-electron chi connectivity index (χ0n) is 13.2. The van der Waals surface area contributed by atoms with Gasteiger partial charge in [-0.3, -0.25) is 4.72 Å². The third kappa shape index (κ3) is 3.88. The Morgan fingerprint density at radius 1 is 1.21 bits per heavy atom. The molecule has 0 spiro atoms. The molecule has 0 saturated heterocycles. The maximum atomic E-state index is 12.0. The molecule has 0 radical (unpaired) electrons. The van der Waals surface area contributed by atoms with Gasteiger partial charge in [0.15, 0.2) is 0 Å². The number of imidazole rings is 1. The van der Waals surface area contributed by atoms with Gasteiger partial charge in [0.1, 0.15) is 5.65 Å². The Bertz CT molecular complexity index is 967. The molecule has 0 atom stereocenters. The fourth-order valence-corrected chi connectivity index (χ4v) is 3.84. The van der Waals surface area contributed by atoms with Gasteiger partial charge in [0.05, 0.1) is 16.5 Å². The average molecular weight is 364 g/mol. The lowest BCUT2D eigenvalue weighted by molar-refractivity contribution is 0.598. The van der Waals surface area contributed by atoms with Gasteiger partial charge in [0, 0.05) is 23.6 Å². The first-order valence-electron chi connectivity index (χ1n) is 7.72. The summed E-state index contributed by atoms with van der Waals surface area (Å²) in [5.74, 6) is 0.126. The van der Waals surface area contributed by atoms with Crippen LogP contribution >= 0.6 is 11.6 Å². The lowest BCUT2D eigenvalue weighted by Gasteiger charge is -2.08. The molecule has 0 aliphatic heterocycles. The van der Waals surface area contributed by atoms with E-state index in [4.69, 9.17) is 11.6 Å². The van der Waals surface area contributed by atoms with Crippen LogP contribution in [0.15, 0.2) is 48.8 Å². The molecule has 0 bridgehead atoms. The van der Waals surface area contributed by atoms with Gasteiger partial charge in [-0.25, -0.2) is 13.4 Å². The number of unbranched alkanes of at least 4 members (excludes halogenated alkanes) is 1. The molecule has 1 N–H and O–H groups in total. The van der Waals surface area contributed by atoms with Crippen molar-refractivity contribution in [2.24, 2.45) is 0 Å². The number of pyridine rings is 1. The first-order chi connectivity index (χ1) is 11.5. The van der Waals surface area contributed by atoms with E-state index in [0.29, 0.717) is 17.1 Å². The predicted octanol–water partition coefficient (Wildman–Crippen LogP) is 4.20. The molecule has 0 amide bonds. The number of halogens is 1. The fourth-order valence-electron chi connectivity index (χ4n) is 2.41. The van der Waals surface area contributed by atoms with E-state index >= 15 is 0 Å². The largest absolute Gasteiger partial charge is 0.305 e. The highest BCUT2D eigenvalue weighted by Crippen LogP contribution is 2.24. The van der Waals surface area contributed by atoms with Gasteiger partial charge in [-0.1, -0.05) is 37.1 Å². The Labute approximate surface area is 146 Å². The Hall–Kier alpha value is -2.05. The number of aromatic nitrogens is 2. The molecular weight excluding hydrogens is 346 g/mol. The Kier molecular flexibility index (Phi) is 4.78. The number of nitrogens with one attached hydrogen (secondary N) is 1. The monoisotopic (exact) mass is 363 g/mol. The van der Waals surface area contributed by atoms with E-state index in [0.717, 1.165) is 23.3 Å². The number of nitrogens with zero attached hydrogens (tertiary/aromatic N) is 2. The molecule has 2 aromatic heterocycles. The minimum atomic E-state index is -3.32. The van der Waals surface area contributed by atoms with Crippen molar-refractivity contribution in [1.82, 2.24) is 9.38 Å². The molecule has 1 aromatic carbocycles. The van der Waals surface area contributed by atoms with E-state index in [1.807, 2.05) is 35.7 Å². The molecule has 7 heteroatoms. The number of hydrogen-bond acceptors (Lipinski definition) is 3. The number of rotatable bonds is 6. The maximum absolute atomic E-state index is 12.0. The van der Waals surface area contributed by atoms with Crippen molar-refractivity contribution in [2.45, 2.75) is 19.8 Å². The Morgan fingerprint density at radius 3 is 2.83 bits per heavy atom. The molecule has 24 heavy (non-hydrogen) atoms. The van der Waals surface area contributed by atoms with Crippen molar-refractivity contribution in [1.29, 1.82) is 0 Å². The molecule has 0 fully saturated rings. The van der Waals surface area contributed by atoms with Crippen LogP contribution in [0.2, 0.25) is 5.02 Å². The van der Waals surface area contributed by atoms with Crippen molar-refractivity contribution in [3.8, 4) is 11.3 Å². The first kappa shape index (κ1) is 16.8. The Balaban J connectivity index is 1.89. The number of anilines is 1. The summed E-state index contributed by atoms with van der Waals surface area (Å²) in [5.41, 5.74) is 2.92. The molecule has 126 valence electrons. The second-order valence-electron chi connectivity index (χ2n) is 5.59. The highest BCUT2D eigenvalue weighted by molar-refractivity contribution is 7.92. The summed E-state index contributed by atoms with van der Waals surface area (Å²) in [7, 11) is -3.32. The van der Waals surface area contributed by atoms with Crippen LogP contribution in [0.3, 0.4) is 0 Å². The summed E-state index contributed by atoms with van der Waals surface area (Å²) >= 11 is 5.99. The molecule has 0 saturated carbocycles. The molecule has 5 nitrogen and oxygen atoms in total. The third-order valence-electron chi connectivity index (χ3n) is 3.61. The zero-order chi connectivity index (χ0) is 17.2. The molecule has 0 aliphatic carbocycles. The number of benzene rings is 1. The van der Waals surface area contributed by atoms with Gasteiger partial charge >= 0.3 is 0 Å². The summed E-state index contributed by atoms with van der Waals surface area (Å²) in [4.78, 5) is 4.54. The van der Waals surface area contributed by atoms with Crippen molar-refractivity contribution in [3.05, 3.63) is 53.8 Å². The molecule has 3 rings (SSSR count). The van der Waals surface area contributed by atoms with Crippen molar-refractivity contribution in [3.63, 3.8) is 0 Å². The highest BCUT2D eigenvalue weighted by Gasteiger charge is 2.11. The van der Waals surface area contributed by atoms with Gasteiger partial charge in [-0.05, 0) is 30.7 Å². The topological polar surface area (TPSA) is 63.5 Å². The van der Waals surface area contributed by atoms with Gasteiger partial charge in [0.2, 0.25) is 10.0 Å².